The molecule has 0 bridgehead atoms. The first-order valence-corrected chi connectivity index (χ1v) is 7.16. The van der Waals surface area contributed by atoms with E-state index in [1.54, 1.807) is 18.2 Å². The molecule has 2 nitrogen and oxygen atoms in total. The topological polar surface area (TPSA) is 43.1 Å². The van der Waals surface area contributed by atoms with Crippen molar-refractivity contribution in [3.05, 3.63) is 63.7 Å². The number of carbonyl (C=O) groups is 1. The standard InChI is InChI=1S/C17H18ClNO/c1-3-11-5-6-12(4-2)14(9-11)17(20)15-10-13(18)7-8-16(15)19/h5-10H,3-4,19H2,1-2H3. The third-order valence-electron chi connectivity index (χ3n) is 3.47. The van der Waals surface area contributed by atoms with Gasteiger partial charge in [-0.3, -0.25) is 4.79 Å². The lowest BCUT2D eigenvalue weighted by Crippen LogP contribution is -2.09. The van der Waals surface area contributed by atoms with Crippen molar-refractivity contribution in [1.29, 1.82) is 0 Å². The molecule has 0 aliphatic heterocycles. The van der Waals surface area contributed by atoms with Crippen LogP contribution in [0.25, 0.3) is 0 Å². The highest BCUT2D eigenvalue weighted by Gasteiger charge is 2.16. The van der Waals surface area contributed by atoms with Gasteiger partial charge in [0.15, 0.2) is 5.78 Å². The summed E-state index contributed by atoms with van der Waals surface area (Å²) in [4.78, 5) is 12.7. The predicted octanol–water partition coefficient (Wildman–Crippen LogP) is 4.28. The molecular formula is C17H18ClNO. The average Bonchev–Trinajstić information content (AvgIpc) is 2.48. The Morgan fingerprint density at radius 1 is 1.05 bits per heavy atom. The number of carbonyl (C=O) groups excluding carboxylic acids is 1. The van der Waals surface area contributed by atoms with Gasteiger partial charge >= 0.3 is 0 Å². The number of hydrogen-bond acceptors (Lipinski definition) is 2. The molecule has 0 unspecified atom stereocenters. The molecule has 104 valence electrons. The van der Waals surface area contributed by atoms with E-state index in [4.69, 9.17) is 17.3 Å². The van der Waals surface area contributed by atoms with Crippen molar-refractivity contribution in [2.75, 3.05) is 5.73 Å². The number of hydrogen-bond donors (Lipinski definition) is 1. The Labute approximate surface area is 124 Å². The van der Waals surface area contributed by atoms with Crippen LogP contribution in [0.5, 0.6) is 0 Å². The van der Waals surface area contributed by atoms with Crippen LogP contribution in [-0.4, -0.2) is 5.78 Å². The lowest BCUT2D eigenvalue weighted by molar-refractivity contribution is 0.103. The molecule has 3 heteroatoms. The zero-order valence-corrected chi connectivity index (χ0v) is 12.5. The number of benzene rings is 2. The molecule has 0 radical (unpaired) electrons. The summed E-state index contributed by atoms with van der Waals surface area (Å²) < 4.78 is 0. The zero-order chi connectivity index (χ0) is 14.7. The van der Waals surface area contributed by atoms with E-state index < -0.39 is 0 Å². The number of aryl methyl sites for hydroxylation is 2. The fourth-order valence-electron chi connectivity index (χ4n) is 2.23. The SMILES string of the molecule is CCc1ccc(CC)c(C(=O)c2cc(Cl)ccc2N)c1. The first-order chi connectivity index (χ1) is 9.56. The van der Waals surface area contributed by atoms with Crippen molar-refractivity contribution in [2.45, 2.75) is 26.7 Å². The zero-order valence-electron chi connectivity index (χ0n) is 11.7. The van der Waals surface area contributed by atoms with E-state index in [0.717, 1.165) is 29.5 Å². The molecule has 2 rings (SSSR count). The Morgan fingerprint density at radius 2 is 1.80 bits per heavy atom. The van der Waals surface area contributed by atoms with E-state index in [-0.39, 0.29) is 5.78 Å². The van der Waals surface area contributed by atoms with Crippen LogP contribution in [0.2, 0.25) is 5.02 Å². The van der Waals surface area contributed by atoms with Gasteiger partial charge in [0.05, 0.1) is 0 Å². The van der Waals surface area contributed by atoms with Gasteiger partial charge in [0.25, 0.3) is 0 Å². The van der Waals surface area contributed by atoms with Gasteiger partial charge in [0, 0.05) is 21.8 Å². The highest BCUT2D eigenvalue weighted by molar-refractivity contribution is 6.31. The van der Waals surface area contributed by atoms with Gasteiger partial charge in [-0.15, -0.1) is 0 Å². The quantitative estimate of drug-likeness (QED) is 0.674. The molecule has 0 aliphatic carbocycles. The molecular weight excluding hydrogens is 270 g/mol. The lowest BCUT2D eigenvalue weighted by Gasteiger charge is -2.11. The summed E-state index contributed by atoms with van der Waals surface area (Å²) in [5, 5.41) is 0.521. The molecule has 0 heterocycles. The van der Waals surface area contributed by atoms with Crippen LogP contribution in [0.15, 0.2) is 36.4 Å². The maximum atomic E-state index is 12.7. The summed E-state index contributed by atoms with van der Waals surface area (Å²) in [6.07, 6.45) is 1.71. The second-order valence-electron chi connectivity index (χ2n) is 4.76. The van der Waals surface area contributed by atoms with Crippen molar-refractivity contribution in [2.24, 2.45) is 0 Å². The maximum Gasteiger partial charge on any atom is 0.195 e. The van der Waals surface area contributed by atoms with E-state index in [1.807, 2.05) is 19.1 Å². The summed E-state index contributed by atoms with van der Waals surface area (Å²) in [7, 11) is 0. The third kappa shape index (κ3) is 2.86. The van der Waals surface area contributed by atoms with Gasteiger partial charge in [-0.2, -0.15) is 0 Å². The third-order valence-corrected chi connectivity index (χ3v) is 3.70. The minimum atomic E-state index is -0.0582. The summed E-state index contributed by atoms with van der Waals surface area (Å²) in [6.45, 7) is 4.11. The van der Waals surface area contributed by atoms with E-state index >= 15 is 0 Å². The predicted molar refractivity (Wildman–Crippen MR) is 84.5 cm³/mol. The first kappa shape index (κ1) is 14.6. The molecule has 0 saturated heterocycles. The van der Waals surface area contributed by atoms with Gasteiger partial charge < -0.3 is 5.73 Å². The van der Waals surface area contributed by atoms with Crippen LogP contribution in [0.3, 0.4) is 0 Å². The first-order valence-electron chi connectivity index (χ1n) is 6.78. The summed E-state index contributed by atoms with van der Waals surface area (Å²) in [5.41, 5.74) is 9.75. The van der Waals surface area contributed by atoms with Gasteiger partial charge in [0.2, 0.25) is 0 Å². The lowest BCUT2D eigenvalue weighted by atomic mass is 9.94. The van der Waals surface area contributed by atoms with Crippen molar-refractivity contribution in [1.82, 2.24) is 0 Å². The average molecular weight is 288 g/mol. The monoisotopic (exact) mass is 287 g/mol. The Balaban J connectivity index is 2.54. The van der Waals surface area contributed by atoms with Crippen LogP contribution in [-0.2, 0) is 12.8 Å². The Bertz CT molecular complexity index is 649. The Morgan fingerprint density at radius 3 is 2.45 bits per heavy atom. The van der Waals surface area contributed by atoms with Crippen molar-refractivity contribution in [3.63, 3.8) is 0 Å². The summed E-state index contributed by atoms with van der Waals surface area (Å²) in [5.74, 6) is -0.0582. The van der Waals surface area contributed by atoms with E-state index in [1.165, 1.54) is 0 Å². The molecule has 2 aromatic rings. The Kier molecular flexibility index (Phi) is 4.46. The second kappa shape index (κ2) is 6.10. The minimum Gasteiger partial charge on any atom is -0.398 e. The fourth-order valence-corrected chi connectivity index (χ4v) is 2.41. The van der Waals surface area contributed by atoms with E-state index in [2.05, 4.69) is 13.0 Å². The number of rotatable bonds is 4. The van der Waals surface area contributed by atoms with Crippen LogP contribution < -0.4 is 5.73 Å². The second-order valence-corrected chi connectivity index (χ2v) is 5.20. The highest BCUT2D eigenvalue weighted by atomic mass is 35.5. The molecule has 0 aromatic heterocycles. The summed E-state index contributed by atoms with van der Waals surface area (Å²) >= 11 is 5.97. The van der Waals surface area contributed by atoms with Gasteiger partial charge in [-0.05, 0) is 48.2 Å². The van der Waals surface area contributed by atoms with Crippen LogP contribution >= 0.6 is 11.6 Å². The molecule has 20 heavy (non-hydrogen) atoms. The molecule has 2 N–H and O–H groups in total. The maximum absolute atomic E-state index is 12.7. The van der Waals surface area contributed by atoms with E-state index in [9.17, 15) is 4.79 Å². The van der Waals surface area contributed by atoms with Gasteiger partial charge in [0.1, 0.15) is 0 Å². The smallest absolute Gasteiger partial charge is 0.195 e. The Hall–Kier alpha value is -1.80. The van der Waals surface area contributed by atoms with Crippen LogP contribution in [0.4, 0.5) is 5.69 Å². The number of nitrogen functional groups attached to an aromatic ring is 1. The molecule has 0 fully saturated rings. The molecule has 0 saturated carbocycles. The molecule has 0 spiro atoms. The number of ketones is 1. The summed E-state index contributed by atoms with van der Waals surface area (Å²) in [6, 6.07) is 11.0. The van der Waals surface area contributed by atoms with Gasteiger partial charge in [-0.1, -0.05) is 37.6 Å². The highest BCUT2D eigenvalue weighted by Crippen LogP contribution is 2.24. The number of halogens is 1. The largest absolute Gasteiger partial charge is 0.398 e. The van der Waals surface area contributed by atoms with Crippen molar-refractivity contribution >= 4 is 23.1 Å². The van der Waals surface area contributed by atoms with Crippen LogP contribution in [0, 0.1) is 0 Å². The normalized spacial score (nSPS) is 10.6. The minimum absolute atomic E-state index is 0.0582. The molecule has 2 aromatic carbocycles. The van der Waals surface area contributed by atoms with Crippen molar-refractivity contribution < 1.29 is 4.79 Å². The van der Waals surface area contributed by atoms with Crippen molar-refractivity contribution in [3.8, 4) is 0 Å². The van der Waals surface area contributed by atoms with Crippen LogP contribution in [0.1, 0.15) is 40.9 Å². The number of nitrogens with two attached hydrogens (primary N) is 1. The molecule has 0 atom stereocenters. The van der Waals surface area contributed by atoms with E-state index in [0.29, 0.717) is 16.3 Å². The molecule has 0 aliphatic rings. The van der Waals surface area contributed by atoms with Gasteiger partial charge in [-0.25, -0.2) is 0 Å². The number of anilines is 1. The molecule has 0 amide bonds. The fraction of sp³-hybridized carbons (Fsp3) is 0.235.